The van der Waals surface area contributed by atoms with Crippen LogP contribution < -0.4 is 9.47 Å². The van der Waals surface area contributed by atoms with Gasteiger partial charge < -0.3 is 14.2 Å². The van der Waals surface area contributed by atoms with Crippen molar-refractivity contribution < 1.29 is 19.0 Å². The van der Waals surface area contributed by atoms with Crippen molar-refractivity contribution in [2.45, 2.75) is 0 Å². The molecule has 0 unspecified atom stereocenters. The fraction of sp³-hybridized carbons (Fsp3) is 0.308. The summed E-state index contributed by atoms with van der Waals surface area (Å²) < 4.78 is 15.2. The quantitative estimate of drug-likeness (QED) is 0.453. The summed E-state index contributed by atoms with van der Waals surface area (Å²) in [7, 11) is 2.85. The second-order valence-corrected chi connectivity index (χ2v) is 3.79. The number of alkyl halides is 1. The van der Waals surface area contributed by atoms with Crippen LogP contribution in [0.5, 0.6) is 11.5 Å². The number of carbonyl (C=O) groups is 1. The van der Waals surface area contributed by atoms with E-state index in [1.807, 2.05) is 0 Å². The van der Waals surface area contributed by atoms with Crippen molar-refractivity contribution in [1.29, 1.82) is 0 Å². The monoisotopic (exact) mass is 270 g/mol. The molecule has 0 N–H and O–H groups in total. The van der Waals surface area contributed by atoms with Crippen molar-refractivity contribution in [3.8, 4) is 11.5 Å². The van der Waals surface area contributed by atoms with E-state index in [0.717, 1.165) is 5.57 Å². The van der Waals surface area contributed by atoms with Gasteiger partial charge in [-0.15, -0.1) is 11.6 Å². The molecular weight excluding hydrogens is 256 g/mol. The molecule has 0 saturated heterocycles. The van der Waals surface area contributed by atoms with E-state index in [0.29, 0.717) is 22.9 Å². The zero-order valence-corrected chi connectivity index (χ0v) is 11.1. The van der Waals surface area contributed by atoms with E-state index in [1.165, 1.54) is 14.2 Å². The molecule has 5 heteroatoms. The zero-order chi connectivity index (χ0) is 13.5. The summed E-state index contributed by atoms with van der Waals surface area (Å²) in [5, 5.41) is 0. The van der Waals surface area contributed by atoms with Gasteiger partial charge in [0.1, 0.15) is 23.7 Å². The van der Waals surface area contributed by atoms with Gasteiger partial charge >= 0.3 is 5.97 Å². The van der Waals surface area contributed by atoms with Crippen LogP contribution in [0.25, 0.3) is 0 Å². The normalized spacial score (nSPS) is 9.72. The van der Waals surface area contributed by atoms with Gasteiger partial charge in [-0.25, -0.2) is 4.79 Å². The number of ether oxygens (including phenoxy) is 3. The molecule has 0 amide bonds. The van der Waals surface area contributed by atoms with E-state index in [-0.39, 0.29) is 6.61 Å². The molecule has 0 heterocycles. The first kappa shape index (κ1) is 14.4. The van der Waals surface area contributed by atoms with Gasteiger partial charge in [0.25, 0.3) is 0 Å². The Morgan fingerprint density at radius 2 is 2.11 bits per heavy atom. The molecule has 0 saturated carbocycles. The molecule has 4 nitrogen and oxygen atoms in total. The van der Waals surface area contributed by atoms with Crippen molar-refractivity contribution in [2.75, 3.05) is 26.7 Å². The molecule has 0 aliphatic carbocycles. The lowest BCUT2D eigenvalue weighted by atomic mass is 10.2. The van der Waals surface area contributed by atoms with Gasteiger partial charge in [0.2, 0.25) is 0 Å². The average molecular weight is 271 g/mol. The predicted molar refractivity (Wildman–Crippen MR) is 69.7 cm³/mol. The van der Waals surface area contributed by atoms with E-state index >= 15 is 0 Å². The Labute approximate surface area is 111 Å². The van der Waals surface area contributed by atoms with Gasteiger partial charge in [-0.3, -0.25) is 0 Å². The number of hydrogen-bond acceptors (Lipinski definition) is 4. The molecule has 0 fully saturated rings. The Hall–Kier alpha value is -1.68. The Morgan fingerprint density at radius 1 is 1.39 bits per heavy atom. The smallest absolute Gasteiger partial charge is 0.341 e. The third-order valence-corrected chi connectivity index (χ3v) is 2.59. The maximum absolute atomic E-state index is 11.6. The van der Waals surface area contributed by atoms with Crippen LogP contribution in [0.2, 0.25) is 0 Å². The summed E-state index contributed by atoms with van der Waals surface area (Å²) in [5.74, 6) is 0.808. The van der Waals surface area contributed by atoms with Crippen LogP contribution >= 0.6 is 11.6 Å². The van der Waals surface area contributed by atoms with Gasteiger partial charge in [-0.05, 0) is 17.7 Å². The molecular formula is C13H15ClO4. The van der Waals surface area contributed by atoms with Crippen LogP contribution in [0.1, 0.15) is 10.4 Å². The molecule has 1 aromatic carbocycles. The maximum Gasteiger partial charge on any atom is 0.341 e. The Morgan fingerprint density at radius 3 is 2.67 bits per heavy atom. The highest BCUT2D eigenvalue weighted by atomic mass is 35.5. The first-order valence-corrected chi connectivity index (χ1v) is 5.77. The second kappa shape index (κ2) is 6.91. The van der Waals surface area contributed by atoms with Crippen LogP contribution in [0.15, 0.2) is 30.4 Å². The summed E-state index contributed by atoms with van der Waals surface area (Å²) in [6.07, 6.45) is 0. The van der Waals surface area contributed by atoms with Crippen LogP contribution in [0.3, 0.4) is 0 Å². The highest BCUT2D eigenvalue weighted by Gasteiger charge is 2.14. The van der Waals surface area contributed by atoms with E-state index in [9.17, 15) is 4.79 Å². The topological polar surface area (TPSA) is 44.8 Å². The molecule has 0 aliphatic heterocycles. The van der Waals surface area contributed by atoms with Crippen molar-refractivity contribution in [2.24, 2.45) is 0 Å². The molecule has 0 aliphatic rings. The minimum absolute atomic E-state index is 0.237. The van der Waals surface area contributed by atoms with Gasteiger partial charge in [0.15, 0.2) is 0 Å². The number of esters is 1. The molecule has 0 spiro atoms. The number of carbonyl (C=O) groups excluding carboxylic acids is 1. The van der Waals surface area contributed by atoms with Crippen LogP contribution in [-0.2, 0) is 4.74 Å². The fourth-order valence-corrected chi connectivity index (χ4v) is 1.32. The summed E-state index contributed by atoms with van der Waals surface area (Å²) >= 11 is 5.61. The Kier molecular flexibility index (Phi) is 5.52. The van der Waals surface area contributed by atoms with E-state index in [4.69, 9.17) is 21.1 Å². The summed E-state index contributed by atoms with van der Waals surface area (Å²) in [5.41, 5.74) is 1.05. The van der Waals surface area contributed by atoms with Gasteiger partial charge in [-0.2, -0.15) is 0 Å². The highest BCUT2D eigenvalue weighted by Crippen LogP contribution is 2.25. The molecule has 1 aromatic rings. The molecule has 0 aromatic heterocycles. The number of benzene rings is 1. The van der Waals surface area contributed by atoms with E-state index < -0.39 is 5.97 Å². The lowest BCUT2D eigenvalue weighted by Gasteiger charge is -2.12. The first-order chi connectivity index (χ1) is 8.62. The minimum atomic E-state index is -0.468. The highest BCUT2D eigenvalue weighted by molar-refractivity contribution is 6.19. The Balaban J connectivity index is 2.96. The van der Waals surface area contributed by atoms with Crippen LogP contribution in [-0.4, -0.2) is 32.7 Å². The van der Waals surface area contributed by atoms with E-state index in [1.54, 1.807) is 18.2 Å². The molecule has 0 atom stereocenters. The fourth-order valence-electron chi connectivity index (χ4n) is 1.25. The third-order valence-electron chi connectivity index (χ3n) is 2.21. The maximum atomic E-state index is 11.6. The van der Waals surface area contributed by atoms with Gasteiger partial charge in [-0.1, -0.05) is 6.58 Å². The minimum Gasteiger partial charge on any atom is -0.497 e. The predicted octanol–water partition coefficient (Wildman–Crippen LogP) is 2.66. The SMILES string of the molecule is C=C(CCl)COc1cc(OC)ccc1C(=O)OC. The summed E-state index contributed by atoms with van der Waals surface area (Å²) in [4.78, 5) is 11.6. The molecule has 1 rings (SSSR count). The lowest BCUT2D eigenvalue weighted by Crippen LogP contribution is -2.08. The summed E-state index contributed by atoms with van der Waals surface area (Å²) in [6, 6.07) is 4.87. The molecule has 98 valence electrons. The van der Waals surface area contributed by atoms with Gasteiger partial charge in [0, 0.05) is 11.9 Å². The van der Waals surface area contributed by atoms with Crippen LogP contribution in [0.4, 0.5) is 0 Å². The van der Waals surface area contributed by atoms with Crippen molar-refractivity contribution >= 4 is 17.6 Å². The lowest BCUT2D eigenvalue weighted by molar-refractivity contribution is 0.0596. The van der Waals surface area contributed by atoms with Crippen molar-refractivity contribution in [3.63, 3.8) is 0 Å². The summed E-state index contributed by atoms with van der Waals surface area (Å²) in [6.45, 7) is 3.96. The molecule has 18 heavy (non-hydrogen) atoms. The van der Waals surface area contributed by atoms with Crippen molar-refractivity contribution in [1.82, 2.24) is 0 Å². The van der Waals surface area contributed by atoms with Crippen LogP contribution in [0, 0.1) is 0 Å². The second-order valence-electron chi connectivity index (χ2n) is 3.53. The number of rotatable bonds is 6. The largest absolute Gasteiger partial charge is 0.497 e. The third kappa shape index (κ3) is 3.67. The average Bonchev–Trinajstić information content (AvgIpc) is 2.43. The Bertz CT molecular complexity index is 443. The molecule has 0 radical (unpaired) electrons. The number of halogens is 1. The van der Waals surface area contributed by atoms with Crippen molar-refractivity contribution in [3.05, 3.63) is 35.9 Å². The number of methoxy groups -OCH3 is 2. The van der Waals surface area contributed by atoms with Gasteiger partial charge in [0.05, 0.1) is 14.2 Å². The zero-order valence-electron chi connectivity index (χ0n) is 10.4. The first-order valence-electron chi connectivity index (χ1n) is 5.24. The van der Waals surface area contributed by atoms with E-state index in [2.05, 4.69) is 11.3 Å². The molecule has 0 bridgehead atoms. The number of hydrogen-bond donors (Lipinski definition) is 0. The standard InChI is InChI=1S/C13H15ClO4/c1-9(7-14)8-18-12-6-10(16-2)4-5-11(12)13(15)17-3/h4-6H,1,7-8H2,2-3H3.